The van der Waals surface area contributed by atoms with Gasteiger partial charge in [-0.3, -0.25) is 0 Å². The summed E-state index contributed by atoms with van der Waals surface area (Å²) in [6.07, 6.45) is 0.891. The number of anilines is 2. The Bertz CT molecular complexity index is 580. The van der Waals surface area contributed by atoms with Gasteiger partial charge in [0.2, 0.25) is 0 Å². The predicted octanol–water partition coefficient (Wildman–Crippen LogP) is 3.86. The third kappa shape index (κ3) is 2.34. The Labute approximate surface area is 117 Å². The summed E-state index contributed by atoms with van der Waals surface area (Å²) in [5.41, 5.74) is 8.59. The van der Waals surface area contributed by atoms with E-state index in [-0.39, 0.29) is 6.04 Å². The highest BCUT2D eigenvalue weighted by Gasteiger charge is 2.22. The Morgan fingerprint density at radius 3 is 2.84 bits per heavy atom. The third-order valence-electron chi connectivity index (χ3n) is 3.32. The minimum Gasteiger partial charge on any atom is -0.493 e. The van der Waals surface area contributed by atoms with Gasteiger partial charge in [-0.1, -0.05) is 35.9 Å². The summed E-state index contributed by atoms with van der Waals surface area (Å²) >= 11 is 6.20. The topological polar surface area (TPSA) is 47.3 Å². The molecule has 0 fully saturated rings. The molecule has 1 unspecified atom stereocenters. The third-order valence-corrected chi connectivity index (χ3v) is 3.64. The van der Waals surface area contributed by atoms with Gasteiger partial charge in [0.1, 0.15) is 5.75 Å². The molecule has 1 heterocycles. The van der Waals surface area contributed by atoms with Gasteiger partial charge in [-0.15, -0.1) is 0 Å². The molecule has 0 aromatic heterocycles. The molecular formula is C15H15ClN2O. The van der Waals surface area contributed by atoms with E-state index in [0.717, 1.165) is 23.4 Å². The number of para-hydroxylation sites is 2. The summed E-state index contributed by atoms with van der Waals surface area (Å²) in [6.45, 7) is 0.693. The van der Waals surface area contributed by atoms with Crippen LogP contribution in [-0.2, 0) is 0 Å². The van der Waals surface area contributed by atoms with E-state index in [0.29, 0.717) is 17.3 Å². The van der Waals surface area contributed by atoms with E-state index >= 15 is 0 Å². The molecular weight excluding hydrogens is 260 g/mol. The summed E-state index contributed by atoms with van der Waals surface area (Å²) in [5, 5.41) is 4.08. The Kier molecular flexibility index (Phi) is 3.22. The van der Waals surface area contributed by atoms with Crippen molar-refractivity contribution in [3.05, 3.63) is 53.1 Å². The first-order valence-electron chi connectivity index (χ1n) is 6.28. The van der Waals surface area contributed by atoms with Gasteiger partial charge in [0, 0.05) is 12.0 Å². The van der Waals surface area contributed by atoms with Crippen LogP contribution in [-0.4, -0.2) is 6.61 Å². The van der Waals surface area contributed by atoms with Crippen molar-refractivity contribution in [1.29, 1.82) is 0 Å². The first-order valence-corrected chi connectivity index (χ1v) is 6.66. The molecule has 98 valence electrons. The molecule has 4 heteroatoms. The molecule has 3 nitrogen and oxygen atoms in total. The molecule has 0 amide bonds. The molecule has 2 aromatic rings. The van der Waals surface area contributed by atoms with Crippen molar-refractivity contribution in [3.8, 4) is 5.75 Å². The van der Waals surface area contributed by atoms with Gasteiger partial charge in [-0.25, -0.2) is 0 Å². The van der Waals surface area contributed by atoms with Crippen LogP contribution in [0.5, 0.6) is 5.75 Å². The molecule has 3 N–H and O–H groups in total. The van der Waals surface area contributed by atoms with Crippen molar-refractivity contribution < 1.29 is 4.74 Å². The maximum atomic E-state index is 6.20. The van der Waals surface area contributed by atoms with Crippen LogP contribution < -0.4 is 15.8 Å². The average Bonchev–Trinajstić information content (AvgIpc) is 2.43. The van der Waals surface area contributed by atoms with Gasteiger partial charge in [0.05, 0.1) is 29.0 Å². The van der Waals surface area contributed by atoms with E-state index in [1.165, 1.54) is 0 Å². The number of hydrogen-bond acceptors (Lipinski definition) is 3. The van der Waals surface area contributed by atoms with E-state index in [9.17, 15) is 0 Å². The normalized spacial score (nSPS) is 17.4. The predicted molar refractivity (Wildman–Crippen MR) is 78.8 cm³/mol. The lowest BCUT2D eigenvalue weighted by Gasteiger charge is -2.28. The fourth-order valence-electron chi connectivity index (χ4n) is 2.36. The maximum Gasteiger partial charge on any atom is 0.124 e. The van der Waals surface area contributed by atoms with Crippen LogP contribution in [0.1, 0.15) is 18.0 Å². The number of nitrogens with two attached hydrogens (primary N) is 1. The van der Waals surface area contributed by atoms with Crippen LogP contribution in [0.25, 0.3) is 0 Å². The van der Waals surface area contributed by atoms with Crippen molar-refractivity contribution in [2.75, 3.05) is 17.7 Å². The van der Waals surface area contributed by atoms with Gasteiger partial charge in [0.15, 0.2) is 0 Å². The van der Waals surface area contributed by atoms with Crippen LogP contribution in [0.15, 0.2) is 42.5 Å². The molecule has 1 atom stereocenters. The standard InChI is InChI=1S/C15H15ClN2O/c16-11-5-3-6-12(17)15(11)18-13-8-9-19-14-7-2-1-4-10(13)14/h1-7,13,18H,8-9,17H2. The van der Waals surface area contributed by atoms with E-state index in [2.05, 4.69) is 11.4 Å². The maximum absolute atomic E-state index is 6.20. The minimum atomic E-state index is 0.173. The zero-order valence-corrected chi connectivity index (χ0v) is 11.2. The number of nitrogens with one attached hydrogen (secondary N) is 1. The second-order valence-corrected chi connectivity index (χ2v) is 4.98. The first kappa shape index (κ1) is 12.2. The van der Waals surface area contributed by atoms with E-state index in [4.69, 9.17) is 22.1 Å². The van der Waals surface area contributed by atoms with Crippen LogP contribution in [0.2, 0.25) is 5.02 Å². The van der Waals surface area contributed by atoms with E-state index in [1.807, 2.05) is 36.4 Å². The molecule has 0 spiro atoms. The molecule has 0 aliphatic carbocycles. The van der Waals surface area contributed by atoms with Crippen LogP contribution in [0.4, 0.5) is 11.4 Å². The van der Waals surface area contributed by atoms with Crippen molar-refractivity contribution in [2.45, 2.75) is 12.5 Å². The number of rotatable bonds is 2. The highest BCUT2D eigenvalue weighted by atomic mass is 35.5. The second kappa shape index (κ2) is 5.02. The van der Waals surface area contributed by atoms with Crippen molar-refractivity contribution in [1.82, 2.24) is 0 Å². The fourth-order valence-corrected chi connectivity index (χ4v) is 2.60. The highest BCUT2D eigenvalue weighted by Crippen LogP contribution is 2.37. The summed E-state index contributed by atoms with van der Waals surface area (Å²) in [7, 11) is 0. The lowest BCUT2D eigenvalue weighted by Crippen LogP contribution is -2.20. The van der Waals surface area contributed by atoms with Crippen LogP contribution >= 0.6 is 11.6 Å². The quantitative estimate of drug-likeness (QED) is 0.818. The van der Waals surface area contributed by atoms with Gasteiger partial charge in [-0.2, -0.15) is 0 Å². The van der Waals surface area contributed by atoms with Crippen LogP contribution in [0.3, 0.4) is 0 Å². The number of hydrogen-bond donors (Lipinski definition) is 2. The largest absolute Gasteiger partial charge is 0.493 e. The van der Waals surface area contributed by atoms with E-state index < -0.39 is 0 Å². The molecule has 1 aliphatic rings. The summed E-state index contributed by atoms with van der Waals surface area (Å²) in [4.78, 5) is 0. The number of halogens is 1. The number of ether oxygens (including phenoxy) is 1. The molecule has 0 bridgehead atoms. The Hall–Kier alpha value is -1.87. The Balaban J connectivity index is 1.93. The second-order valence-electron chi connectivity index (χ2n) is 4.58. The summed E-state index contributed by atoms with van der Waals surface area (Å²) in [5.74, 6) is 0.928. The smallest absolute Gasteiger partial charge is 0.124 e. The number of nitrogen functional groups attached to an aromatic ring is 1. The fraction of sp³-hybridized carbons (Fsp3) is 0.200. The molecule has 0 saturated carbocycles. The Morgan fingerprint density at radius 1 is 1.16 bits per heavy atom. The van der Waals surface area contributed by atoms with Crippen LogP contribution in [0, 0.1) is 0 Å². The highest BCUT2D eigenvalue weighted by molar-refractivity contribution is 6.33. The minimum absolute atomic E-state index is 0.173. The molecule has 1 aliphatic heterocycles. The molecule has 19 heavy (non-hydrogen) atoms. The molecule has 2 aromatic carbocycles. The van der Waals surface area contributed by atoms with Crippen molar-refractivity contribution >= 4 is 23.0 Å². The van der Waals surface area contributed by atoms with Crippen molar-refractivity contribution in [2.24, 2.45) is 0 Å². The lowest BCUT2D eigenvalue weighted by atomic mass is 10.00. The average molecular weight is 275 g/mol. The number of fused-ring (bicyclic) bond motifs is 1. The zero-order valence-electron chi connectivity index (χ0n) is 10.4. The number of benzene rings is 2. The van der Waals surface area contributed by atoms with Gasteiger partial charge >= 0.3 is 0 Å². The van der Waals surface area contributed by atoms with Gasteiger partial charge < -0.3 is 15.8 Å². The monoisotopic (exact) mass is 274 g/mol. The zero-order chi connectivity index (χ0) is 13.2. The lowest BCUT2D eigenvalue weighted by molar-refractivity contribution is 0.274. The van der Waals surface area contributed by atoms with E-state index in [1.54, 1.807) is 0 Å². The molecule has 0 radical (unpaired) electrons. The summed E-state index contributed by atoms with van der Waals surface area (Å²) < 4.78 is 5.65. The van der Waals surface area contributed by atoms with Gasteiger partial charge in [-0.05, 0) is 18.2 Å². The molecule has 3 rings (SSSR count). The SMILES string of the molecule is Nc1cccc(Cl)c1NC1CCOc2ccccc21. The van der Waals surface area contributed by atoms with Crippen molar-refractivity contribution in [3.63, 3.8) is 0 Å². The van der Waals surface area contributed by atoms with Gasteiger partial charge in [0.25, 0.3) is 0 Å². The Morgan fingerprint density at radius 2 is 2.00 bits per heavy atom. The first-order chi connectivity index (χ1) is 9.25. The molecule has 0 saturated heterocycles. The summed E-state index contributed by atoms with van der Waals surface area (Å²) in [6, 6.07) is 13.7.